The number of nitrogens with two attached hydrogens (primary N) is 1. The third-order valence-corrected chi connectivity index (χ3v) is 1.50. The van der Waals surface area contributed by atoms with E-state index in [4.69, 9.17) is 11.0 Å². The van der Waals surface area contributed by atoms with Crippen molar-refractivity contribution >= 4 is 0 Å². The molecule has 0 radical (unpaired) electrons. The van der Waals surface area contributed by atoms with Crippen molar-refractivity contribution in [3.05, 3.63) is 35.1 Å². The van der Waals surface area contributed by atoms with Crippen molar-refractivity contribution in [1.29, 1.82) is 5.26 Å². The Bertz CT molecular complexity index is 347. The van der Waals surface area contributed by atoms with E-state index in [-0.39, 0.29) is 5.56 Å². The first-order chi connectivity index (χ1) is 6.06. The zero-order chi connectivity index (χ0) is 10.0. The molecule has 0 fully saturated rings. The van der Waals surface area contributed by atoms with Crippen LogP contribution in [0, 0.1) is 28.8 Å². The van der Waals surface area contributed by atoms with E-state index in [2.05, 4.69) is 0 Å². The average Bonchev–Trinajstić information content (AvgIpc) is 2.12. The monoisotopic (exact) mass is 186 g/mol. The minimum absolute atomic E-state index is 0.0844. The Morgan fingerprint density at radius 2 is 1.69 bits per heavy atom. The Kier molecular flexibility index (Phi) is 2.54. The quantitative estimate of drug-likeness (QED) is 0.677. The number of nitriles is 1. The second kappa shape index (κ2) is 3.46. The fourth-order valence-corrected chi connectivity index (χ4v) is 0.829. The van der Waals surface area contributed by atoms with Gasteiger partial charge in [0.2, 0.25) is 0 Å². The maximum absolute atomic E-state index is 12.6. The summed E-state index contributed by atoms with van der Waals surface area (Å²) in [5.41, 5.74) is 5.08. The van der Waals surface area contributed by atoms with Crippen LogP contribution < -0.4 is 5.73 Å². The van der Waals surface area contributed by atoms with Crippen LogP contribution in [0.1, 0.15) is 11.6 Å². The van der Waals surface area contributed by atoms with E-state index in [9.17, 15) is 13.2 Å². The summed E-state index contributed by atoms with van der Waals surface area (Å²) in [5.74, 6) is -4.25. The van der Waals surface area contributed by atoms with Gasteiger partial charge in [-0.1, -0.05) is 0 Å². The van der Waals surface area contributed by atoms with Crippen LogP contribution in [0.15, 0.2) is 12.1 Å². The lowest BCUT2D eigenvalue weighted by Gasteiger charge is -2.03. The fraction of sp³-hybridized carbons (Fsp3) is 0.125. The van der Waals surface area contributed by atoms with Crippen LogP contribution in [0.2, 0.25) is 0 Å². The summed E-state index contributed by atoms with van der Waals surface area (Å²) < 4.78 is 37.5. The molecule has 0 aliphatic heterocycles. The smallest absolute Gasteiger partial charge is 0.194 e. The molecule has 0 bridgehead atoms. The lowest BCUT2D eigenvalue weighted by Crippen LogP contribution is -2.08. The molecule has 1 aromatic rings. The summed E-state index contributed by atoms with van der Waals surface area (Å²) in [6.07, 6.45) is 0. The van der Waals surface area contributed by atoms with Gasteiger partial charge in [-0.15, -0.1) is 0 Å². The Hall–Kier alpha value is -1.54. The van der Waals surface area contributed by atoms with E-state index in [0.29, 0.717) is 12.1 Å². The summed E-state index contributed by atoms with van der Waals surface area (Å²) >= 11 is 0. The lowest BCUT2D eigenvalue weighted by molar-refractivity contribution is 0.444. The molecule has 1 atom stereocenters. The zero-order valence-electron chi connectivity index (χ0n) is 6.39. The van der Waals surface area contributed by atoms with Gasteiger partial charge >= 0.3 is 0 Å². The van der Waals surface area contributed by atoms with Crippen molar-refractivity contribution in [3.63, 3.8) is 0 Å². The first-order valence-electron chi connectivity index (χ1n) is 3.36. The Labute approximate surface area is 72.4 Å². The van der Waals surface area contributed by atoms with E-state index < -0.39 is 23.5 Å². The van der Waals surface area contributed by atoms with Crippen molar-refractivity contribution in [2.24, 2.45) is 5.73 Å². The van der Waals surface area contributed by atoms with Gasteiger partial charge in [-0.3, -0.25) is 0 Å². The second-order valence-corrected chi connectivity index (χ2v) is 2.41. The zero-order valence-corrected chi connectivity index (χ0v) is 6.39. The molecule has 5 heteroatoms. The fourth-order valence-electron chi connectivity index (χ4n) is 0.829. The largest absolute Gasteiger partial charge is 0.312 e. The van der Waals surface area contributed by atoms with Crippen molar-refractivity contribution in [2.75, 3.05) is 0 Å². The van der Waals surface area contributed by atoms with Crippen LogP contribution in [0.5, 0.6) is 0 Å². The maximum Gasteiger partial charge on any atom is 0.194 e. The molecule has 13 heavy (non-hydrogen) atoms. The number of benzene rings is 1. The third-order valence-electron chi connectivity index (χ3n) is 1.50. The molecule has 0 aliphatic rings. The molecule has 0 saturated carbocycles. The highest BCUT2D eigenvalue weighted by atomic mass is 19.2. The summed E-state index contributed by atoms with van der Waals surface area (Å²) in [6.45, 7) is 0. The minimum Gasteiger partial charge on any atom is -0.312 e. The van der Waals surface area contributed by atoms with Crippen LogP contribution in [0.25, 0.3) is 0 Å². The van der Waals surface area contributed by atoms with Crippen LogP contribution in [0.3, 0.4) is 0 Å². The van der Waals surface area contributed by atoms with Gasteiger partial charge in [0.15, 0.2) is 17.5 Å². The van der Waals surface area contributed by atoms with Gasteiger partial charge < -0.3 is 5.73 Å². The third kappa shape index (κ3) is 1.79. The molecule has 1 aromatic carbocycles. The van der Waals surface area contributed by atoms with E-state index >= 15 is 0 Å². The molecule has 0 saturated heterocycles. The van der Waals surface area contributed by atoms with E-state index in [1.807, 2.05) is 0 Å². The van der Waals surface area contributed by atoms with Gasteiger partial charge in [0.05, 0.1) is 6.07 Å². The van der Waals surface area contributed by atoms with Gasteiger partial charge in [-0.25, -0.2) is 13.2 Å². The van der Waals surface area contributed by atoms with Crippen LogP contribution >= 0.6 is 0 Å². The molecule has 0 heterocycles. The van der Waals surface area contributed by atoms with Crippen molar-refractivity contribution in [3.8, 4) is 6.07 Å². The van der Waals surface area contributed by atoms with E-state index in [1.165, 1.54) is 0 Å². The van der Waals surface area contributed by atoms with E-state index in [1.54, 1.807) is 6.07 Å². The SMILES string of the molecule is N#C[C@H](N)c1cc(F)c(F)c(F)c1. The van der Waals surface area contributed by atoms with Gasteiger partial charge in [0.1, 0.15) is 6.04 Å². The van der Waals surface area contributed by atoms with Crippen molar-refractivity contribution in [1.82, 2.24) is 0 Å². The maximum atomic E-state index is 12.6. The molecule has 2 nitrogen and oxygen atoms in total. The highest BCUT2D eigenvalue weighted by molar-refractivity contribution is 5.25. The Morgan fingerprint density at radius 1 is 1.23 bits per heavy atom. The van der Waals surface area contributed by atoms with Crippen molar-refractivity contribution in [2.45, 2.75) is 6.04 Å². The van der Waals surface area contributed by atoms with Crippen LogP contribution in [-0.2, 0) is 0 Å². The van der Waals surface area contributed by atoms with Gasteiger partial charge in [-0.2, -0.15) is 5.26 Å². The van der Waals surface area contributed by atoms with Crippen LogP contribution in [0.4, 0.5) is 13.2 Å². The Morgan fingerprint density at radius 3 is 2.08 bits per heavy atom. The van der Waals surface area contributed by atoms with Gasteiger partial charge in [-0.05, 0) is 17.7 Å². The van der Waals surface area contributed by atoms with Crippen molar-refractivity contribution < 1.29 is 13.2 Å². The summed E-state index contributed by atoms with van der Waals surface area (Å²) in [4.78, 5) is 0. The standard InChI is InChI=1S/C8H5F3N2/c9-5-1-4(7(13)3-12)2-6(10)8(5)11/h1-2,7H,13H2/t7-/m0/s1. The summed E-state index contributed by atoms with van der Waals surface area (Å²) in [5, 5.41) is 8.33. The number of nitrogens with zero attached hydrogens (tertiary/aromatic N) is 1. The predicted molar refractivity (Wildman–Crippen MR) is 38.9 cm³/mol. The number of rotatable bonds is 1. The van der Waals surface area contributed by atoms with Gasteiger partial charge in [0, 0.05) is 0 Å². The molecule has 0 amide bonds. The lowest BCUT2D eigenvalue weighted by atomic mass is 10.1. The minimum atomic E-state index is -1.56. The molecule has 0 unspecified atom stereocenters. The topological polar surface area (TPSA) is 49.8 Å². The highest BCUT2D eigenvalue weighted by Crippen LogP contribution is 2.17. The molecule has 0 aliphatic carbocycles. The number of halogens is 3. The first-order valence-corrected chi connectivity index (χ1v) is 3.36. The molecule has 0 aromatic heterocycles. The normalized spacial score (nSPS) is 12.2. The Balaban J connectivity index is 3.22. The molecule has 0 spiro atoms. The first kappa shape index (κ1) is 9.55. The summed E-state index contributed by atoms with van der Waals surface area (Å²) in [7, 11) is 0. The number of hydrogen-bond acceptors (Lipinski definition) is 2. The number of hydrogen-bond donors (Lipinski definition) is 1. The van der Waals surface area contributed by atoms with Gasteiger partial charge in [0.25, 0.3) is 0 Å². The summed E-state index contributed by atoms with van der Waals surface area (Å²) in [6, 6.07) is 1.83. The molecular weight excluding hydrogens is 181 g/mol. The molecule has 1 rings (SSSR count). The van der Waals surface area contributed by atoms with E-state index in [0.717, 1.165) is 0 Å². The molecular formula is C8H5F3N2. The van der Waals surface area contributed by atoms with Crippen LogP contribution in [-0.4, -0.2) is 0 Å². The predicted octanol–water partition coefficient (Wildman–Crippen LogP) is 1.63. The average molecular weight is 186 g/mol. The highest BCUT2D eigenvalue weighted by Gasteiger charge is 2.13. The molecule has 68 valence electrons. The molecule has 2 N–H and O–H groups in total. The second-order valence-electron chi connectivity index (χ2n) is 2.41.